The molecule has 0 aliphatic rings. The van der Waals surface area contributed by atoms with Crippen LogP contribution in [0.5, 0.6) is 17.2 Å². The van der Waals surface area contributed by atoms with Crippen molar-refractivity contribution < 1.29 is 42.4 Å². The van der Waals surface area contributed by atoms with Crippen molar-refractivity contribution in [2.24, 2.45) is 0 Å². The third-order valence-corrected chi connectivity index (χ3v) is 8.02. The van der Waals surface area contributed by atoms with Gasteiger partial charge < -0.3 is 24.4 Å². The van der Waals surface area contributed by atoms with Gasteiger partial charge in [0.25, 0.3) is 0 Å². The highest BCUT2D eigenvalue weighted by atomic mass is 32.2. The van der Waals surface area contributed by atoms with Crippen molar-refractivity contribution in [2.75, 3.05) is 26.6 Å². The van der Waals surface area contributed by atoms with E-state index in [0.717, 1.165) is 54.4 Å². The minimum atomic E-state index is -3.44. The molecule has 0 fully saturated rings. The summed E-state index contributed by atoms with van der Waals surface area (Å²) in [7, 11) is -1.86. The van der Waals surface area contributed by atoms with Crippen LogP contribution in [0.15, 0.2) is 65.6 Å². The molecule has 9 nitrogen and oxygen atoms in total. The number of sulfone groups is 1. The number of carbonyl (C=O) groups is 2. The van der Waals surface area contributed by atoms with Gasteiger partial charge in [0.15, 0.2) is 9.84 Å². The summed E-state index contributed by atoms with van der Waals surface area (Å²) in [6, 6.07) is 18.1. The number of rotatable bonds is 19. The SMILES string of the molecule is COc1cccc(-c2cc(OCCCCCCc3cccc(OCCCC(=O)O)c3CCC(=O)O)cc(S(C)(=O)=O)c2)c1. The number of carboxylic acid groups (broad SMARTS) is 2. The molecule has 3 aromatic carbocycles. The first-order valence-corrected chi connectivity index (χ1v) is 16.3. The van der Waals surface area contributed by atoms with E-state index in [2.05, 4.69) is 0 Å². The molecule has 0 heterocycles. The molecule has 232 valence electrons. The number of hydrogen-bond acceptors (Lipinski definition) is 7. The summed E-state index contributed by atoms with van der Waals surface area (Å²) in [5.74, 6) is 0.0125. The first-order valence-electron chi connectivity index (χ1n) is 14.4. The Hall–Kier alpha value is -4.05. The smallest absolute Gasteiger partial charge is 0.303 e. The number of unbranched alkanes of at least 4 members (excludes halogenated alkanes) is 3. The van der Waals surface area contributed by atoms with E-state index in [9.17, 15) is 23.1 Å². The maximum Gasteiger partial charge on any atom is 0.303 e. The fraction of sp³-hybridized carbons (Fsp3) is 0.394. The maximum absolute atomic E-state index is 12.3. The first kappa shape index (κ1) is 33.5. The summed E-state index contributed by atoms with van der Waals surface area (Å²) in [5.41, 5.74) is 3.45. The van der Waals surface area contributed by atoms with Crippen LogP contribution in [-0.4, -0.2) is 57.1 Å². The predicted molar refractivity (Wildman–Crippen MR) is 164 cm³/mol. The van der Waals surface area contributed by atoms with E-state index < -0.39 is 21.8 Å². The number of aryl methyl sites for hydroxylation is 1. The maximum atomic E-state index is 12.3. The highest BCUT2D eigenvalue weighted by Gasteiger charge is 2.14. The summed E-state index contributed by atoms with van der Waals surface area (Å²) < 4.78 is 41.8. The molecule has 0 saturated heterocycles. The fourth-order valence-electron chi connectivity index (χ4n) is 4.70. The van der Waals surface area contributed by atoms with Crippen molar-refractivity contribution in [2.45, 2.75) is 62.7 Å². The van der Waals surface area contributed by atoms with E-state index in [4.69, 9.17) is 19.3 Å². The van der Waals surface area contributed by atoms with Gasteiger partial charge in [-0.1, -0.05) is 37.1 Å². The van der Waals surface area contributed by atoms with Crippen molar-refractivity contribution in [1.29, 1.82) is 0 Å². The van der Waals surface area contributed by atoms with Crippen LogP contribution in [-0.2, 0) is 32.3 Å². The average Bonchev–Trinajstić information content (AvgIpc) is 2.97. The Balaban J connectivity index is 1.55. The zero-order chi connectivity index (χ0) is 31.2. The third kappa shape index (κ3) is 11.3. The Kier molecular flexibility index (Phi) is 12.9. The molecule has 0 radical (unpaired) electrons. The second-order valence-corrected chi connectivity index (χ2v) is 12.4. The quantitative estimate of drug-likeness (QED) is 0.151. The Morgan fingerprint density at radius 2 is 1.42 bits per heavy atom. The Bertz CT molecular complexity index is 1480. The summed E-state index contributed by atoms with van der Waals surface area (Å²) in [5, 5.41) is 18.1. The van der Waals surface area contributed by atoms with Crippen LogP contribution in [0.1, 0.15) is 56.1 Å². The molecule has 43 heavy (non-hydrogen) atoms. The van der Waals surface area contributed by atoms with E-state index in [1.54, 1.807) is 25.3 Å². The van der Waals surface area contributed by atoms with E-state index in [1.165, 1.54) is 6.26 Å². The number of carboxylic acids is 2. The number of aliphatic carboxylic acids is 2. The minimum absolute atomic E-state index is 0.0140. The van der Waals surface area contributed by atoms with Crippen molar-refractivity contribution in [3.63, 3.8) is 0 Å². The molecular weight excluding hydrogens is 572 g/mol. The second kappa shape index (κ2) is 16.6. The molecule has 0 aromatic heterocycles. The molecule has 0 saturated carbocycles. The lowest BCUT2D eigenvalue weighted by Crippen LogP contribution is -2.07. The summed E-state index contributed by atoms with van der Waals surface area (Å²) in [4.78, 5) is 22.2. The molecule has 0 aliphatic heterocycles. The van der Waals surface area contributed by atoms with Crippen LogP contribution in [0.25, 0.3) is 11.1 Å². The zero-order valence-electron chi connectivity index (χ0n) is 24.7. The first-order chi connectivity index (χ1) is 20.6. The van der Waals surface area contributed by atoms with Crippen molar-refractivity contribution in [1.82, 2.24) is 0 Å². The molecule has 0 unspecified atom stereocenters. The molecule has 0 aliphatic carbocycles. The lowest BCUT2D eigenvalue weighted by atomic mass is 9.97. The molecule has 10 heteroatoms. The largest absolute Gasteiger partial charge is 0.497 e. The fourth-order valence-corrected chi connectivity index (χ4v) is 5.37. The summed E-state index contributed by atoms with van der Waals surface area (Å²) in [6.07, 6.45) is 6.19. The zero-order valence-corrected chi connectivity index (χ0v) is 25.5. The van der Waals surface area contributed by atoms with Gasteiger partial charge >= 0.3 is 11.9 Å². The number of hydrogen-bond donors (Lipinski definition) is 2. The third-order valence-electron chi connectivity index (χ3n) is 6.93. The monoisotopic (exact) mass is 612 g/mol. The number of methoxy groups -OCH3 is 1. The van der Waals surface area contributed by atoms with Crippen molar-refractivity contribution >= 4 is 21.8 Å². The normalized spacial score (nSPS) is 11.2. The standard InChI is InChI=1S/C33H40O9S/c1-40-27-13-7-12-25(20-27)26-21-28(23-29(22-26)43(2,38)39)41-18-6-4-3-5-10-24-11-8-14-31(30(24)16-17-33(36)37)42-19-9-15-32(34)35/h7-8,11-14,20-23H,3-6,9-10,15-19H2,1-2H3,(H,34,35)(H,36,37). The molecular formula is C33H40O9S. The molecule has 0 atom stereocenters. The molecule has 0 amide bonds. The van der Waals surface area contributed by atoms with Gasteiger partial charge in [-0.2, -0.15) is 0 Å². The van der Waals surface area contributed by atoms with Gasteiger partial charge in [-0.25, -0.2) is 8.42 Å². The molecule has 2 N–H and O–H groups in total. The van der Waals surface area contributed by atoms with Gasteiger partial charge in [-0.05, 0) is 90.8 Å². The lowest BCUT2D eigenvalue weighted by Gasteiger charge is -2.15. The van der Waals surface area contributed by atoms with Gasteiger partial charge in [0, 0.05) is 19.1 Å². The van der Waals surface area contributed by atoms with E-state index in [-0.39, 0.29) is 24.3 Å². The van der Waals surface area contributed by atoms with Gasteiger partial charge in [-0.15, -0.1) is 0 Å². The van der Waals surface area contributed by atoms with Crippen LogP contribution in [0, 0.1) is 0 Å². The lowest BCUT2D eigenvalue weighted by molar-refractivity contribution is -0.138. The Labute approximate surface area is 253 Å². The van der Waals surface area contributed by atoms with Crippen LogP contribution >= 0.6 is 0 Å². The number of ether oxygens (including phenoxy) is 3. The highest BCUT2D eigenvalue weighted by molar-refractivity contribution is 7.90. The number of benzene rings is 3. The van der Waals surface area contributed by atoms with Crippen LogP contribution in [0.4, 0.5) is 0 Å². The summed E-state index contributed by atoms with van der Waals surface area (Å²) >= 11 is 0. The topological polar surface area (TPSA) is 136 Å². The second-order valence-electron chi connectivity index (χ2n) is 10.3. The van der Waals surface area contributed by atoms with Crippen molar-refractivity contribution in [3.8, 4) is 28.4 Å². The van der Waals surface area contributed by atoms with Gasteiger partial charge in [0.1, 0.15) is 17.2 Å². The van der Waals surface area contributed by atoms with Gasteiger partial charge in [0.05, 0.1) is 25.2 Å². The molecule has 0 spiro atoms. The predicted octanol–water partition coefficient (Wildman–Crippen LogP) is 6.21. The van der Waals surface area contributed by atoms with Crippen LogP contribution in [0.3, 0.4) is 0 Å². The van der Waals surface area contributed by atoms with Crippen LogP contribution in [0.2, 0.25) is 0 Å². The van der Waals surface area contributed by atoms with E-state index in [0.29, 0.717) is 36.7 Å². The Morgan fingerprint density at radius 3 is 2.14 bits per heavy atom. The summed E-state index contributed by atoms with van der Waals surface area (Å²) in [6.45, 7) is 0.693. The van der Waals surface area contributed by atoms with E-state index in [1.807, 2.05) is 42.5 Å². The van der Waals surface area contributed by atoms with Crippen molar-refractivity contribution in [3.05, 3.63) is 71.8 Å². The van der Waals surface area contributed by atoms with Gasteiger partial charge in [0.2, 0.25) is 0 Å². The van der Waals surface area contributed by atoms with E-state index >= 15 is 0 Å². The van der Waals surface area contributed by atoms with Crippen LogP contribution < -0.4 is 14.2 Å². The van der Waals surface area contributed by atoms with Gasteiger partial charge in [-0.3, -0.25) is 9.59 Å². The highest BCUT2D eigenvalue weighted by Crippen LogP contribution is 2.31. The Morgan fingerprint density at radius 1 is 0.721 bits per heavy atom. The minimum Gasteiger partial charge on any atom is -0.497 e. The average molecular weight is 613 g/mol. The molecule has 3 rings (SSSR count). The molecule has 3 aromatic rings. The molecule has 0 bridgehead atoms.